The zero-order chi connectivity index (χ0) is 59.6. The standard InChI is InChI=1S/C86H59FN2/c1-3-58-37-43-65(44-38-58)85(63-25-7-5-8-26-63)78-33-17-15-31-74(78)76-53-50-68(55-80(76)85)88(83-35-19-23-60-21-11-13-29-72(60)83)67-47-41-62(42-48-67)71-52-49-70(57-82(71)87)89(84-36-20-24-61-22-12-14-30-73(61)84)69-51-54-77-75-32-16-18-34-79(75)86(81(77)56-69,64-27-9-6-10-28-64)66-45-39-59(4-2)40-46-66/h3-57H,1-2H2. The van der Waals surface area contributed by atoms with Crippen LogP contribution in [0.15, 0.2) is 335 Å². The van der Waals surface area contributed by atoms with Crippen molar-refractivity contribution in [3.63, 3.8) is 0 Å². The first-order valence-electron chi connectivity index (χ1n) is 30.5. The molecule has 0 radical (unpaired) electrons. The van der Waals surface area contributed by atoms with Crippen LogP contribution in [0.4, 0.5) is 38.5 Å². The van der Waals surface area contributed by atoms with Gasteiger partial charge in [0.1, 0.15) is 5.82 Å². The minimum atomic E-state index is -0.657. The Balaban J connectivity index is 0.833. The van der Waals surface area contributed by atoms with E-state index in [1.54, 1.807) is 6.07 Å². The minimum Gasteiger partial charge on any atom is -0.310 e. The Morgan fingerprint density at radius 2 is 0.640 bits per heavy atom. The molecule has 0 bridgehead atoms. The summed E-state index contributed by atoms with van der Waals surface area (Å²) in [6.45, 7) is 8.17. The molecule has 0 amide bonds. The maximum Gasteiger partial charge on any atom is 0.133 e. The summed E-state index contributed by atoms with van der Waals surface area (Å²) in [5, 5.41) is 4.42. The van der Waals surface area contributed by atoms with Crippen molar-refractivity contribution in [1.29, 1.82) is 0 Å². The van der Waals surface area contributed by atoms with Crippen LogP contribution in [0, 0.1) is 5.82 Å². The molecule has 0 aromatic heterocycles. The number of hydrogen-bond acceptors (Lipinski definition) is 2. The summed E-state index contributed by atoms with van der Waals surface area (Å²) in [7, 11) is 0. The second-order valence-electron chi connectivity index (χ2n) is 23.3. The van der Waals surface area contributed by atoms with Gasteiger partial charge in [0.15, 0.2) is 0 Å². The monoisotopic (exact) mass is 1140 g/mol. The van der Waals surface area contributed by atoms with Crippen molar-refractivity contribution in [2.24, 2.45) is 0 Å². The molecule has 420 valence electrons. The SMILES string of the molecule is C=Cc1ccc(C2(c3ccccc3)c3ccccc3-c3ccc(N(c4ccc(-c5ccc(N(c6ccc7c(c6)C(c6ccccc6)(c6ccc(C=C)cc6)c6ccccc6-7)c6cccc7ccccc67)cc5F)cc4)c4cccc5ccccc45)cc32)cc1. The first-order chi connectivity index (χ1) is 43.9. The largest absolute Gasteiger partial charge is 0.310 e. The summed E-state index contributed by atoms with van der Waals surface area (Å²) in [6.07, 6.45) is 3.80. The molecular formula is C86H59FN2. The van der Waals surface area contributed by atoms with Gasteiger partial charge >= 0.3 is 0 Å². The molecule has 2 nitrogen and oxygen atoms in total. The molecule has 2 unspecified atom stereocenters. The van der Waals surface area contributed by atoms with Gasteiger partial charge in [-0.05, 0) is 161 Å². The fourth-order valence-corrected chi connectivity index (χ4v) is 14.8. The van der Waals surface area contributed by atoms with Gasteiger partial charge in [-0.3, -0.25) is 0 Å². The topological polar surface area (TPSA) is 6.48 Å². The van der Waals surface area contributed by atoms with Crippen molar-refractivity contribution in [3.05, 3.63) is 396 Å². The highest BCUT2D eigenvalue weighted by atomic mass is 19.1. The van der Waals surface area contributed by atoms with E-state index in [-0.39, 0.29) is 5.82 Å². The van der Waals surface area contributed by atoms with Gasteiger partial charge in [0.05, 0.1) is 22.2 Å². The lowest BCUT2D eigenvalue weighted by Crippen LogP contribution is -2.28. The zero-order valence-corrected chi connectivity index (χ0v) is 48.9. The summed E-state index contributed by atoms with van der Waals surface area (Å²) in [4.78, 5) is 4.60. The van der Waals surface area contributed by atoms with E-state index in [4.69, 9.17) is 0 Å². The summed E-state index contributed by atoms with van der Waals surface area (Å²) in [6, 6.07) is 115. The predicted octanol–water partition coefficient (Wildman–Crippen LogP) is 22.8. The van der Waals surface area contributed by atoms with E-state index in [0.717, 1.165) is 77.8 Å². The van der Waals surface area contributed by atoms with Crippen LogP contribution in [-0.4, -0.2) is 0 Å². The van der Waals surface area contributed by atoms with Crippen LogP contribution in [0.25, 0.3) is 67.1 Å². The van der Waals surface area contributed by atoms with E-state index >= 15 is 4.39 Å². The van der Waals surface area contributed by atoms with Crippen LogP contribution in [-0.2, 0) is 10.8 Å². The van der Waals surface area contributed by atoms with Gasteiger partial charge in [0.2, 0.25) is 0 Å². The van der Waals surface area contributed by atoms with E-state index in [0.29, 0.717) is 11.3 Å². The second-order valence-corrected chi connectivity index (χ2v) is 23.3. The minimum absolute atomic E-state index is 0.322. The van der Waals surface area contributed by atoms with Gasteiger partial charge in [0.25, 0.3) is 0 Å². The highest BCUT2D eigenvalue weighted by Crippen LogP contribution is 2.60. The lowest BCUT2D eigenvalue weighted by atomic mass is 9.67. The number of halogens is 1. The summed E-state index contributed by atoms with van der Waals surface area (Å²) in [5.74, 6) is -0.322. The Kier molecular flexibility index (Phi) is 12.9. The number of hydrogen-bond donors (Lipinski definition) is 0. The highest BCUT2D eigenvalue weighted by Gasteiger charge is 2.48. The molecule has 2 aliphatic rings. The molecule has 0 saturated heterocycles. The number of anilines is 6. The Bertz CT molecular complexity index is 5060. The first kappa shape index (κ1) is 53.1. The van der Waals surface area contributed by atoms with Crippen molar-refractivity contribution in [2.45, 2.75) is 10.8 Å². The van der Waals surface area contributed by atoms with Crippen LogP contribution in [0.1, 0.15) is 55.6 Å². The van der Waals surface area contributed by atoms with Crippen LogP contribution < -0.4 is 9.80 Å². The normalized spacial score (nSPS) is 15.2. The summed E-state index contributed by atoms with van der Waals surface area (Å²) < 4.78 is 17.8. The number of rotatable bonds is 13. The fourth-order valence-electron chi connectivity index (χ4n) is 14.8. The number of benzene rings is 14. The van der Waals surface area contributed by atoms with Crippen molar-refractivity contribution in [3.8, 4) is 33.4 Å². The Morgan fingerprint density at radius 1 is 0.281 bits per heavy atom. The molecule has 2 aliphatic carbocycles. The molecular weight excluding hydrogens is 1080 g/mol. The van der Waals surface area contributed by atoms with Crippen molar-refractivity contribution >= 4 is 67.8 Å². The van der Waals surface area contributed by atoms with Crippen molar-refractivity contribution in [2.75, 3.05) is 9.80 Å². The van der Waals surface area contributed by atoms with Gasteiger partial charge in [-0.25, -0.2) is 4.39 Å². The number of fused-ring (bicyclic) bond motifs is 8. The Morgan fingerprint density at radius 3 is 1.10 bits per heavy atom. The van der Waals surface area contributed by atoms with Crippen molar-refractivity contribution in [1.82, 2.24) is 0 Å². The van der Waals surface area contributed by atoms with E-state index in [1.165, 1.54) is 55.6 Å². The van der Waals surface area contributed by atoms with E-state index in [9.17, 15) is 0 Å². The van der Waals surface area contributed by atoms with E-state index in [1.807, 2.05) is 18.2 Å². The molecule has 0 aliphatic heterocycles. The molecule has 14 aromatic rings. The third kappa shape index (κ3) is 8.38. The summed E-state index contributed by atoms with van der Waals surface area (Å²) >= 11 is 0. The molecule has 3 heteroatoms. The average Bonchev–Trinajstić information content (AvgIpc) is 1.57. The first-order valence-corrected chi connectivity index (χ1v) is 30.5. The van der Waals surface area contributed by atoms with Gasteiger partial charge in [-0.1, -0.05) is 280 Å². The molecule has 14 aromatic carbocycles. The van der Waals surface area contributed by atoms with Gasteiger partial charge in [-0.15, -0.1) is 0 Å². The van der Waals surface area contributed by atoms with Gasteiger partial charge in [0, 0.05) is 39.1 Å². The maximum absolute atomic E-state index is 17.8. The van der Waals surface area contributed by atoms with Crippen LogP contribution in [0.2, 0.25) is 0 Å². The third-order valence-corrected chi connectivity index (χ3v) is 18.8. The molecule has 2 atom stereocenters. The molecule has 89 heavy (non-hydrogen) atoms. The van der Waals surface area contributed by atoms with Crippen molar-refractivity contribution < 1.29 is 4.39 Å². The maximum atomic E-state index is 17.8. The molecule has 0 N–H and O–H groups in total. The number of nitrogens with zero attached hydrogens (tertiary/aromatic N) is 2. The lowest BCUT2D eigenvalue weighted by molar-refractivity contribution is 0.631. The van der Waals surface area contributed by atoms with E-state index in [2.05, 4.69) is 332 Å². The Hall–Kier alpha value is -11.4. The van der Waals surface area contributed by atoms with Crippen LogP contribution in [0.5, 0.6) is 0 Å². The third-order valence-electron chi connectivity index (χ3n) is 18.8. The predicted molar refractivity (Wildman–Crippen MR) is 371 cm³/mol. The molecule has 0 saturated carbocycles. The van der Waals surface area contributed by atoms with Crippen LogP contribution >= 0.6 is 0 Å². The second kappa shape index (κ2) is 21.5. The average molecular weight is 1140 g/mol. The van der Waals surface area contributed by atoms with E-state index < -0.39 is 10.8 Å². The fraction of sp³-hybridized carbons (Fsp3) is 0.0233. The lowest BCUT2D eigenvalue weighted by Gasteiger charge is -2.35. The molecule has 0 fully saturated rings. The molecule has 0 spiro atoms. The zero-order valence-electron chi connectivity index (χ0n) is 48.9. The van der Waals surface area contributed by atoms with Gasteiger partial charge in [-0.2, -0.15) is 0 Å². The molecule has 0 heterocycles. The smallest absolute Gasteiger partial charge is 0.133 e. The van der Waals surface area contributed by atoms with Gasteiger partial charge < -0.3 is 9.80 Å². The summed E-state index contributed by atoms with van der Waals surface area (Å²) in [5.41, 5.74) is 22.0. The Labute approximate surface area is 519 Å². The molecule has 16 rings (SSSR count). The van der Waals surface area contributed by atoms with Crippen LogP contribution in [0.3, 0.4) is 0 Å². The quantitative estimate of drug-likeness (QED) is 0.114. The highest BCUT2D eigenvalue weighted by molar-refractivity contribution is 6.02.